The van der Waals surface area contributed by atoms with Crippen LogP contribution in [0.15, 0.2) is 48.7 Å². The van der Waals surface area contributed by atoms with Gasteiger partial charge in [0.25, 0.3) is 5.91 Å². The third kappa shape index (κ3) is 10.2. The Hall–Kier alpha value is -2.69. The molecular formula is C33H50N4O. The molecule has 0 atom stereocenters. The molecule has 0 aliphatic rings. The number of imidazole rings is 1. The third-order valence-corrected chi connectivity index (χ3v) is 7.58. The lowest BCUT2D eigenvalue weighted by Gasteiger charge is -2.17. The van der Waals surface area contributed by atoms with E-state index in [4.69, 9.17) is 4.98 Å². The molecule has 3 aromatic rings. The van der Waals surface area contributed by atoms with E-state index in [9.17, 15) is 4.79 Å². The molecule has 3 rings (SSSR count). The average Bonchev–Trinajstić information content (AvgIpc) is 3.29. The number of aryl methyl sites for hydroxylation is 1. The molecule has 0 radical (unpaired) electrons. The molecule has 0 unspecified atom stereocenters. The van der Waals surface area contributed by atoms with Crippen LogP contribution in [0.4, 0.5) is 0 Å². The lowest BCUT2D eigenvalue weighted by atomic mass is 10.0. The van der Waals surface area contributed by atoms with Gasteiger partial charge in [0.2, 0.25) is 0 Å². The van der Waals surface area contributed by atoms with E-state index in [2.05, 4.69) is 34.7 Å². The number of amides is 1. The Balaban J connectivity index is 1.32. The summed E-state index contributed by atoms with van der Waals surface area (Å²) in [6.07, 6.45) is 23.7. The molecule has 0 saturated carbocycles. The summed E-state index contributed by atoms with van der Waals surface area (Å²) >= 11 is 0. The monoisotopic (exact) mass is 518 g/mol. The highest BCUT2D eigenvalue weighted by atomic mass is 16.2. The zero-order chi connectivity index (χ0) is 26.8. The largest absolute Gasteiger partial charge is 0.333 e. The van der Waals surface area contributed by atoms with Crippen LogP contribution in [0.25, 0.3) is 11.0 Å². The second kappa shape index (κ2) is 17.8. The number of rotatable bonds is 20. The van der Waals surface area contributed by atoms with Gasteiger partial charge in [0, 0.05) is 19.8 Å². The first-order valence-electron chi connectivity index (χ1n) is 15.3. The highest BCUT2D eigenvalue weighted by Gasteiger charge is 2.17. The van der Waals surface area contributed by atoms with Crippen LogP contribution in [0.3, 0.4) is 0 Å². The molecule has 0 aliphatic heterocycles. The van der Waals surface area contributed by atoms with Crippen molar-refractivity contribution in [2.45, 2.75) is 123 Å². The van der Waals surface area contributed by atoms with Crippen molar-refractivity contribution < 1.29 is 4.79 Å². The maximum absolute atomic E-state index is 12.8. The van der Waals surface area contributed by atoms with Crippen LogP contribution in [0, 0.1) is 0 Å². The van der Waals surface area contributed by atoms with Gasteiger partial charge in [0.1, 0.15) is 11.5 Å². The molecule has 2 aromatic heterocycles. The summed E-state index contributed by atoms with van der Waals surface area (Å²) in [6.45, 7) is 3.71. The van der Waals surface area contributed by atoms with Crippen molar-refractivity contribution in [3.8, 4) is 0 Å². The van der Waals surface area contributed by atoms with Gasteiger partial charge in [-0.1, -0.05) is 121 Å². The van der Waals surface area contributed by atoms with E-state index in [0.717, 1.165) is 29.8 Å². The summed E-state index contributed by atoms with van der Waals surface area (Å²) in [5.74, 6) is 0.866. The number of carbonyl (C=O) groups excluding carboxylic acids is 1. The summed E-state index contributed by atoms with van der Waals surface area (Å²) in [5.41, 5.74) is 2.62. The molecule has 0 bridgehead atoms. The van der Waals surface area contributed by atoms with Crippen molar-refractivity contribution >= 4 is 16.9 Å². The van der Waals surface area contributed by atoms with E-state index in [1.165, 1.54) is 96.3 Å². The molecule has 1 amide bonds. The lowest BCUT2D eigenvalue weighted by molar-refractivity contribution is 0.0774. The summed E-state index contributed by atoms with van der Waals surface area (Å²) in [6, 6.07) is 13.7. The van der Waals surface area contributed by atoms with E-state index < -0.39 is 0 Å². The Labute approximate surface area is 231 Å². The third-order valence-electron chi connectivity index (χ3n) is 7.58. The molecule has 2 heterocycles. The van der Waals surface area contributed by atoms with Crippen molar-refractivity contribution in [1.82, 2.24) is 19.4 Å². The molecule has 0 aliphatic carbocycles. The molecule has 208 valence electrons. The Bertz CT molecular complexity index is 1050. The van der Waals surface area contributed by atoms with Crippen LogP contribution >= 0.6 is 0 Å². The summed E-state index contributed by atoms with van der Waals surface area (Å²) < 4.78 is 2.31. The number of nitrogens with zero attached hydrogens (tertiary/aromatic N) is 4. The van der Waals surface area contributed by atoms with Crippen LogP contribution in [0.2, 0.25) is 0 Å². The lowest BCUT2D eigenvalue weighted by Crippen LogP contribution is -2.28. The number of unbranched alkanes of at least 4 members (excludes halogenated alkanes) is 15. The van der Waals surface area contributed by atoms with Gasteiger partial charge in [0.15, 0.2) is 0 Å². The number of carbonyl (C=O) groups is 1. The minimum atomic E-state index is -0.0772. The van der Waals surface area contributed by atoms with E-state index >= 15 is 0 Å². The molecule has 0 saturated heterocycles. The molecular weight excluding hydrogens is 468 g/mol. The van der Waals surface area contributed by atoms with Crippen LogP contribution in [-0.2, 0) is 13.1 Å². The van der Waals surface area contributed by atoms with Gasteiger partial charge in [-0.05, 0) is 30.7 Å². The molecule has 1 aromatic carbocycles. The van der Waals surface area contributed by atoms with Gasteiger partial charge in [-0.3, -0.25) is 9.78 Å². The van der Waals surface area contributed by atoms with Gasteiger partial charge < -0.3 is 9.47 Å². The number of aromatic nitrogens is 3. The van der Waals surface area contributed by atoms with Crippen molar-refractivity contribution in [3.05, 3.63) is 60.2 Å². The van der Waals surface area contributed by atoms with Crippen LogP contribution in [0.1, 0.15) is 126 Å². The molecule has 0 spiro atoms. The second-order valence-corrected chi connectivity index (χ2v) is 10.8. The molecule has 5 nitrogen and oxygen atoms in total. The highest BCUT2D eigenvalue weighted by Crippen LogP contribution is 2.20. The fourth-order valence-electron chi connectivity index (χ4n) is 5.28. The van der Waals surface area contributed by atoms with Gasteiger partial charge in [-0.25, -0.2) is 4.98 Å². The number of hydrogen-bond donors (Lipinski definition) is 0. The van der Waals surface area contributed by atoms with Gasteiger partial charge in [-0.15, -0.1) is 0 Å². The average molecular weight is 519 g/mol. The van der Waals surface area contributed by atoms with E-state index in [1.54, 1.807) is 17.2 Å². The number of fused-ring (bicyclic) bond motifs is 1. The maximum Gasteiger partial charge on any atom is 0.272 e. The van der Waals surface area contributed by atoms with Crippen molar-refractivity contribution in [1.29, 1.82) is 0 Å². The number of benzene rings is 1. The zero-order valence-electron chi connectivity index (χ0n) is 24.0. The van der Waals surface area contributed by atoms with Gasteiger partial charge in [0.05, 0.1) is 17.6 Å². The van der Waals surface area contributed by atoms with Crippen molar-refractivity contribution in [2.75, 3.05) is 7.05 Å². The second-order valence-electron chi connectivity index (χ2n) is 10.8. The first-order chi connectivity index (χ1) is 18.7. The number of para-hydroxylation sites is 2. The SMILES string of the molecule is CCCCCCCCCCCCCCCCCCn1c(CN(C)C(=O)c2ccccn2)nc2ccccc21. The Morgan fingerprint density at radius 2 is 1.29 bits per heavy atom. The predicted octanol–water partition coefficient (Wildman–Crippen LogP) is 8.97. The number of hydrogen-bond acceptors (Lipinski definition) is 3. The zero-order valence-corrected chi connectivity index (χ0v) is 24.0. The van der Waals surface area contributed by atoms with Crippen molar-refractivity contribution in [2.24, 2.45) is 0 Å². The quantitative estimate of drug-likeness (QED) is 0.140. The first-order valence-corrected chi connectivity index (χ1v) is 15.3. The summed E-state index contributed by atoms with van der Waals surface area (Å²) in [4.78, 5) is 23.6. The Kier molecular flexibility index (Phi) is 13.9. The standard InChI is InChI=1S/C33H50N4O/c1-3-4-5-6-7-8-9-10-11-12-13-14-15-16-17-22-27-37-31-25-19-18-23-29(31)35-32(37)28-36(2)33(38)30-24-20-21-26-34-30/h18-21,23-26H,3-17,22,27-28H2,1-2H3. The topological polar surface area (TPSA) is 51.0 Å². The first kappa shape index (κ1) is 29.9. The minimum Gasteiger partial charge on any atom is -0.333 e. The van der Waals surface area contributed by atoms with Gasteiger partial charge >= 0.3 is 0 Å². The number of pyridine rings is 1. The van der Waals surface area contributed by atoms with Crippen LogP contribution < -0.4 is 0 Å². The van der Waals surface area contributed by atoms with Crippen LogP contribution in [-0.4, -0.2) is 32.4 Å². The normalized spacial score (nSPS) is 11.3. The van der Waals surface area contributed by atoms with Crippen LogP contribution in [0.5, 0.6) is 0 Å². The highest BCUT2D eigenvalue weighted by molar-refractivity contribution is 5.92. The van der Waals surface area contributed by atoms with E-state index in [0.29, 0.717) is 12.2 Å². The van der Waals surface area contributed by atoms with Gasteiger partial charge in [-0.2, -0.15) is 0 Å². The Morgan fingerprint density at radius 3 is 1.87 bits per heavy atom. The fraction of sp³-hybridized carbons (Fsp3) is 0.606. The minimum absolute atomic E-state index is 0.0772. The molecule has 5 heteroatoms. The molecule has 38 heavy (non-hydrogen) atoms. The smallest absolute Gasteiger partial charge is 0.272 e. The fourth-order valence-corrected chi connectivity index (χ4v) is 5.28. The Morgan fingerprint density at radius 1 is 0.737 bits per heavy atom. The molecule has 0 N–H and O–H groups in total. The van der Waals surface area contributed by atoms with E-state index in [-0.39, 0.29) is 5.91 Å². The summed E-state index contributed by atoms with van der Waals surface area (Å²) in [7, 11) is 1.83. The maximum atomic E-state index is 12.8. The summed E-state index contributed by atoms with van der Waals surface area (Å²) in [5, 5.41) is 0. The van der Waals surface area contributed by atoms with E-state index in [1.807, 2.05) is 25.2 Å². The predicted molar refractivity (Wildman–Crippen MR) is 159 cm³/mol. The molecule has 0 fully saturated rings. The van der Waals surface area contributed by atoms with Crippen molar-refractivity contribution in [3.63, 3.8) is 0 Å².